The third-order valence-electron chi connectivity index (χ3n) is 4.52. The first-order chi connectivity index (χ1) is 14.6. The molecule has 31 heavy (non-hydrogen) atoms. The summed E-state index contributed by atoms with van der Waals surface area (Å²) in [6.07, 6.45) is -2.82. The first kappa shape index (κ1) is 22.9. The Kier molecular flexibility index (Phi) is 6.49. The highest BCUT2D eigenvalue weighted by atomic mass is 35.5. The van der Waals surface area contributed by atoms with Gasteiger partial charge >= 0.3 is 6.18 Å². The topological polar surface area (TPSA) is 72.0 Å². The summed E-state index contributed by atoms with van der Waals surface area (Å²) in [6.45, 7) is 1.65. The van der Waals surface area contributed by atoms with E-state index < -0.39 is 17.7 Å². The monoisotopic (exact) mass is 473 g/mol. The Labute approximate surface area is 185 Å². The average Bonchev–Trinajstić information content (AvgIpc) is 3.14. The third-order valence-corrected chi connectivity index (χ3v) is 4.95. The Morgan fingerprint density at radius 1 is 1.23 bits per heavy atom. The quantitative estimate of drug-likeness (QED) is 0.366. The lowest BCUT2D eigenvalue weighted by atomic mass is 9.91. The lowest BCUT2D eigenvalue weighted by Gasteiger charge is -2.28. The zero-order valence-corrected chi connectivity index (χ0v) is 17.7. The van der Waals surface area contributed by atoms with Crippen LogP contribution < -0.4 is 10.8 Å². The highest BCUT2D eigenvalue weighted by molar-refractivity contribution is 6.34. The van der Waals surface area contributed by atoms with Crippen LogP contribution in [0.2, 0.25) is 10.0 Å². The van der Waals surface area contributed by atoms with Crippen molar-refractivity contribution in [2.75, 3.05) is 7.11 Å². The van der Waals surface area contributed by atoms with Crippen LogP contribution in [0.15, 0.2) is 47.6 Å². The summed E-state index contributed by atoms with van der Waals surface area (Å²) in [7, 11) is 1.32. The summed E-state index contributed by atoms with van der Waals surface area (Å²) in [4.78, 5) is 21.7. The molecule has 1 amide bonds. The van der Waals surface area contributed by atoms with E-state index >= 15 is 0 Å². The van der Waals surface area contributed by atoms with Crippen LogP contribution in [0, 0.1) is 6.92 Å². The Morgan fingerprint density at radius 2 is 1.90 bits per heavy atom. The normalized spacial score (nSPS) is 18.6. The number of amides is 1. The van der Waals surface area contributed by atoms with Gasteiger partial charge in [-0.1, -0.05) is 34.4 Å². The van der Waals surface area contributed by atoms with Gasteiger partial charge in [0, 0.05) is 21.2 Å². The standard InChI is InChI=1S/C20H16Cl2F3N3O3/c1-11-5-12(3-4-16(11)18(29)26-10-27-30-2)17-9-19(31-28-17,20(23,24)25)13-6-14(21)8-15(22)7-13/h3-10,28H,1-2H3,(H,26,27,29). The summed E-state index contributed by atoms with van der Waals surface area (Å²) >= 11 is 11.8. The number of hydrogen-bond acceptors (Lipinski definition) is 5. The van der Waals surface area contributed by atoms with Crippen LogP contribution in [0.1, 0.15) is 27.0 Å². The maximum absolute atomic E-state index is 14.1. The molecule has 0 radical (unpaired) electrons. The number of carbonyl (C=O) groups is 1. The van der Waals surface area contributed by atoms with E-state index in [0.717, 1.165) is 24.5 Å². The third kappa shape index (κ3) is 4.63. The zero-order valence-electron chi connectivity index (χ0n) is 16.2. The minimum absolute atomic E-state index is 0.0415. The van der Waals surface area contributed by atoms with Crippen molar-refractivity contribution in [3.05, 3.63) is 74.8 Å². The van der Waals surface area contributed by atoms with E-state index in [2.05, 4.69) is 20.8 Å². The molecule has 1 atom stereocenters. The molecule has 0 saturated carbocycles. The summed E-state index contributed by atoms with van der Waals surface area (Å²) < 4.78 is 42.2. The summed E-state index contributed by atoms with van der Waals surface area (Å²) in [5.41, 5.74) is 0.577. The predicted octanol–water partition coefficient (Wildman–Crippen LogP) is 4.95. The van der Waals surface area contributed by atoms with Gasteiger partial charge in [0.15, 0.2) is 0 Å². The minimum atomic E-state index is -4.81. The van der Waals surface area contributed by atoms with E-state index in [0.29, 0.717) is 16.7 Å². The van der Waals surface area contributed by atoms with Crippen molar-refractivity contribution >= 4 is 41.1 Å². The van der Waals surface area contributed by atoms with Crippen molar-refractivity contribution in [1.29, 1.82) is 0 Å². The second kappa shape index (κ2) is 8.78. The molecule has 1 heterocycles. The largest absolute Gasteiger partial charge is 0.428 e. The fraction of sp³-hybridized carbons (Fsp3) is 0.200. The molecule has 11 heteroatoms. The molecule has 0 spiro atoms. The molecule has 3 rings (SSSR count). The fourth-order valence-corrected chi connectivity index (χ4v) is 3.58. The lowest BCUT2D eigenvalue weighted by molar-refractivity contribution is -0.269. The van der Waals surface area contributed by atoms with Crippen LogP contribution in [0.3, 0.4) is 0 Å². The number of alkyl halides is 3. The van der Waals surface area contributed by atoms with Crippen molar-refractivity contribution in [2.24, 2.45) is 5.16 Å². The predicted molar refractivity (Wildman–Crippen MR) is 111 cm³/mol. The van der Waals surface area contributed by atoms with Gasteiger partial charge < -0.3 is 10.2 Å². The SMILES string of the molecule is CON=CNC(=O)c1ccc(C2=CC(c3cc(Cl)cc(Cl)c3)(C(F)(F)F)ON2)cc1C. The molecular weight excluding hydrogens is 458 g/mol. The van der Waals surface area contributed by atoms with E-state index in [-0.39, 0.29) is 21.3 Å². The molecule has 1 aliphatic heterocycles. The number of nitrogens with one attached hydrogen (secondary N) is 2. The maximum atomic E-state index is 14.1. The number of aryl methyl sites for hydroxylation is 1. The van der Waals surface area contributed by atoms with Crippen LogP contribution >= 0.6 is 23.2 Å². The number of benzene rings is 2. The van der Waals surface area contributed by atoms with Crippen molar-refractivity contribution in [3.8, 4) is 0 Å². The Bertz CT molecular complexity index is 1050. The number of carbonyl (C=O) groups excluding carboxylic acids is 1. The Hall–Kier alpha value is -2.75. The van der Waals surface area contributed by atoms with Crippen molar-refractivity contribution < 1.29 is 27.6 Å². The van der Waals surface area contributed by atoms with Crippen molar-refractivity contribution in [3.63, 3.8) is 0 Å². The number of hydrogen-bond donors (Lipinski definition) is 2. The van der Waals surface area contributed by atoms with Gasteiger partial charge in [-0.05, 0) is 54.5 Å². The molecule has 6 nitrogen and oxygen atoms in total. The molecular formula is C20H16Cl2F3N3O3. The average molecular weight is 474 g/mol. The first-order valence-corrected chi connectivity index (χ1v) is 9.50. The summed E-state index contributed by atoms with van der Waals surface area (Å²) in [6, 6.07) is 8.14. The molecule has 0 aromatic heterocycles. The summed E-state index contributed by atoms with van der Waals surface area (Å²) in [5, 5.41) is 5.90. The molecule has 0 fully saturated rings. The van der Waals surface area contributed by atoms with Crippen LogP contribution in [-0.4, -0.2) is 25.5 Å². The van der Waals surface area contributed by atoms with Gasteiger partial charge in [0.1, 0.15) is 13.4 Å². The molecule has 164 valence electrons. The van der Waals surface area contributed by atoms with Gasteiger partial charge in [-0.25, -0.2) is 0 Å². The lowest BCUT2D eigenvalue weighted by Crippen LogP contribution is -2.42. The number of nitrogens with zero attached hydrogens (tertiary/aromatic N) is 1. The minimum Gasteiger partial charge on any atom is -0.398 e. The van der Waals surface area contributed by atoms with Gasteiger partial charge in [0.25, 0.3) is 5.91 Å². The molecule has 0 bridgehead atoms. The maximum Gasteiger partial charge on any atom is 0.428 e. The molecule has 2 N–H and O–H groups in total. The van der Waals surface area contributed by atoms with Gasteiger partial charge in [-0.3, -0.25) is 15.1 Å². The van der Waals surface area contributed by atoms with Gasteiger partial charge in [0.2, 0.25) is 5.60 Å². The fourth-order valence-electron chi connectivity index (χ4n) is 3.06. The highest BCUT2D eigenvalue weighted by Crippen LogP contribution is 2.48. The van der Waals surface area contributed by atoms with Crippen LogP contribution in [-0.2, 0) is 15.3 Å². The number of rotatable bonds is 5. The molecule has 0 aliphatic carbocycles. The van der Waals surface area contributed by atoms with E-state index in [1.165, 1.54) is 25.3 Å². The first-order valence-electron chi connectivity index (χ1n) is 8.74. The summed E-state index contributed by atoms with van der Waals surface area (Å²) in [5.74, 6) is -0.451. The second-order valence-corrected chi connectivity index (χ2v) is 7.45. The Balaban J connectivity index is 1.99. The number of hydroxylamine groups is 1. The van der Waals surface area contributed by atoms with Crippen LogP contribution in [0.25, 0.3) is 5.70 Å². The van der Waals surface area contributed by atoms with E-state index in [4.69, 9.17) is 28.0 Å². The highest BCUT2D eigenvalue weighted by Gasteiger charge is 2.59. The van der Waals surface area contributed by atoms with Crippen LogP contribution in [0.5, 0.6) is 0 Å². The van der Waals surface area contributed by atoms with Crippen molar-refractivity contribution in [2.45, 2.75) is 18.7 Å². The van der Waals surface area contributed by atoms with E-state index in [1.807, 2.05) is 0 Å². The molecule has 2 aromatic carbocycles. The van der Waals surface area contributed by atoms with E-state index in [1.54, 1.807) is 13.0 Å². The number of halogens is 5. The molecule has 1 aliphatic rings. The molecule has 0 saturated heterocycles. The van der Waals surface area contributed by atoms with Gasteiger partial charge in [-0.2, -0.15) is 13.2 Å². The van der Waals surface area contributed by atoms with Crippen molar-refractivity contribution in [1.82, 2.24) is 10.8 Å². The zero-order chi connectivity index (χ0) is 22.8. The Morgan fingerprint density at radius 3 is 2.48 bits per heavy atom. The molecule has 1 unspecified atom stereocenters. The molecule has 2 aromatic rings. The van der Waals surface area contributed by atoms with Gasteiger partial charge in [-0.15, -0.1) is 0 Å². The van der Waals surface area contributed by atoms with Crippen LogP contribution in [0.4, 0.5) is 13.2 Å². The van der Waals surface area contributed by atoms with Gasteiger partial charge in [0.05, 0.1) is 5.70 Å². The second-order valence-electron chi connectivity index (χ2n) is 6.57. The van der Waals surface area contributed by atoms with E-state index in [9.17, 15) is 18.0 Å². The number of oxime groups is 1. The smallest absolute Gasteiger partial charge is 0.398 e.